The van der Waals surface area contributed by atoms with E-state index in [0.717, 1.165) is 66.8 Å². The van der Waals surface area contributed by atoms with Crippen molar-refractivity contribution in [3.63, 3.8) is 0 Å². The summed E-state index contributed by atoms with van der Waals surface area (Å²) in [6, 6.07) is 93.5. The summed E-state index contributed by atoms with van der Waals surface area (Å²) >= 11 is 0. The highest BCUT2D eigenvalue weighted by molar-refractivity contribution is 6.13. The van der Waals surface area contributed by atoms with E-state index in [-0.39, 0.29) is 0 Å². The van der Waals surface area contributed by atoms with Crippen molar-refractivity contribution in [1.82, 2.24) is 15.0 Å². The van der Waals surface area contributed by atoms with Gasteiger partial charge < -0.3 is 0 Å². The predicted molar refractivity (Wildman–Crippen MR) is 285 cm³/mol. The number of hydrogen-bond donors (Lipinski definition) is 0. The van der Waals surface area contributed by atoms with Crippen LogP contribution in [0.2, 0.25) is 0 Å². The van der Waals surface area contributed by atoms with Gasteiger partial charge in [-0.1, -0.05) is 237 Å². The van der Waals surface area contributed by atoms with Gasteiger partial charge in [-0.25, -0.2) is 15.0 Å². The van der Waals surface area contributed by atoms with Crippen LogP contribution in [-0.2, 0) is 5.41 Å². The summed E-state index contributed by atoms with van der Waals surface area (Å²) in [4.78, 5) is 15.9. The summed E-state index contributed by atoms with van der Waals surface area (Å²) in [6.45, 7) is 0. The maximum absolute atomic E-state index is 5.45. The van der Waals surface area contributed by atoms with Crippen molar-refractivity contribution < 1.29 is 0 Å². The third kappa shape index (κ3) is 6.86. The van der Waals surface area contributed by atoms with Crippen molar-refractivity contribution >= 4 is 21.7 Å². The Balaban J connectivity index is 0.953. The molecule has 0 fully saturated rings. The first-order chi connectivity index (χ1) is 34.2. The number of para-hydroxylation sites is 1. The molecule has 2 aromatic heterocycles. The lowest BCUT2D eigenvalue weighted by Gasteiger charge is -2.34. The quantitative estimate of drug-likeness (QED) is 0.143. The van der Waals surface area contributed by atoms with Crippen molar-refractivity contribution in [2.45, 2.75) is 5.41 Å². The van der Waals surface area contributed by atoms with Gasteiger partial charge in [0.1, 0.15) is 0 Å². The molecule has 322 valence electrons. The molecule has 0 saturated heterocycles. The second-order valence-corrected chi connectivity index (χ2v) is 17.9. The summed E-state index contributed by atoms with van der Waals surface area (Å²) in [5, 5.41) is 3.44. The molecular weight excluding hydrogens is 835 g/mol. The van der Waals surface area contributed by atoms with Crippen molar-refractivity contribution in [2.24, 2.45) is 0 Å². The minimum Gasteiger partial charge on any atom is -0.247 e. The van der Waals surface area contributed by atoms with Gasteiger partial charge in [0.25, 0.3) is 0 Å². The molecular formula is C66H43N3. The van der Waals surface area contributed by atoms with Crippen LogP contribution in [0.1, 0.15) is 22.3 Å². The number of hydrogen-bond acceptors (Lipinski definition) is 3. The standard InChI is InChI=1S/C66H43N3/c1-5-17-44(18-6-1)46-29-33-48(34-30-46)62-43-63(69-65(68-62)51-39-31-47(32-40-51)45-19-7-2-8-20-45)49-35-37-50(38-36-49)64-58-41-57-54-25-13-15-27-59(54)66(52-21-9-3-10-22-52,53-23-11-4-12-24-53)60(57)42-56(58)55-26-14-16-28-61(55)67-64/h1-43H. The first-order valence-electron chi connectivity index (χ1n) is 23.6. The fourth-order valence-electron chi connectivity index (χ4n) is 10.7. The number of pyridine rings is 1. The van der Waals surface area contributed by atoms with Crippen molar-refractivity contribution in [3.05, 3.63) is 283 Å². The fraction of sp³-hybridized carbons (Fsp3) is 0.0152. The average Bonchev–Trinajstić information content (AvgIpc) is 3.73. The van der Waals surface area contributed by atoms with E-state index in [9.17, 15) is 0 Å². The van der Waals surface area contributed by atoms with Crippen LogP contribution in [0.3, 0.4) is 0 Å². The smallest absolute Gasteiger partial charge is 0.160 e. The minimum absolute atomic E-state index is 0.502. The largest absolute Gasteiger partial charge is 0.247 e. The molecule has 0 amide bonds. The second-order valence-electron chi connectivity index (χ2n) is 17.9. The molecule has 3 nitrogen and oxygen atoms in total. The number of nitrogens with zero attached hydrogens (tertiary/aromatic N) is 3. The Morgan fingerprint density at radius 1 is 0.261 bits per heavy atom. The normalized spacial score (nSPS) is 12.5. The van der Waals surface area contributed by atoms with Gasteiger partial charge >= 0.3 is 0 Å². The lowest BCUT2D eigenvalue weighted by Crippen LogP contribution is -2.28. The Labute approximate surface area is 401 Å². The number of benzene rings is 10. The van der Waals surface area contributed by atoms with Crippen molar-refractivity contribution in [1.29, 1.82) is 0 Å². The van der Waals surface area contributed by atoms with Gasteiger partial charge in [-0.05, 0) is 85.3 Å². The van der Waals surface area contributed by atoms with Crippen LogP contribution in [0.4, 0.5) is 0 Å². The van der Waals surface area contributed by atoms with E-state index in [0.29, 0.717) is 5.82 Å². The first kappa shape index (κ1) is 40.2. The second kappa shape index (κ2) is 16.7. The van der Waals surface area contributed by atoms with Crippen molar-refractivity contribution in [2.75, 3.05) is 0 Å². The molecule has 2 heterocycles. The zero-order valence-corrected chi connectivity index (χ0v) is 37.7. The first-order valence-corrected chi connectivity index (χ1v) is 23.6. The highest BCUT2D eigenvalue weighted by Crippen LogP contribution is 2.57. The van der Waals surface area contributed by atoms with E-state index < -0.39 is 5.41 Å². The molecule has 10 aromatic carbocycles. The number of rotatable bonds is 8. The van der Waals surface area contributed by atoms with E-state index in [1.807, 2.05) is 12.1 Å². The summed E-state index contributed by atoms with van der Waals surface area (Å²) < 4.78 is 0. The van der Waals surface area contributed by atoms with Crippen LogP contribution < -0.4 is 0 Å². The summed E-state index contributed by atoms with van der Waals surface area (Å²) in [5.74, 6) is 0.678. The van der Waals surface area contributed by atoms with Crippen LogP contribution in [-0.4, -0.2) is 15.0 Å². The molecule has 3 heteroatoms. The van der Waals surface area contributed by atoms with E-state index >= 15 is 0 Å². The molecule has 0 radical (unpaired) electrons. The molecule has 0 atom stereocenters. The predicted octanol–water partition coefficient (Wildman–Crippen LogP) is 16.5. The molecule has 0 saturated carbocycles. The highest BCUT2D eigenvalue weighted by atomic mass is 14.9. The summed E-state index contributed by atoms with van der Waals surface area (Å²) in [7, 11) is 0. The fourth-order valence-corrected chi connectivity index (χ4v) is 10.7. The Kier molecular flexibility index (Phi) is 9.73. The molecule has 12 aromatic rings. The number of aromatic nitrogens is 3. The molecule has 0 unspecified atom stereocenters. The van der Waals surface area contributed by atoms with Crippen LogP contribution in [0.15, 0.2) is 261 Å². The van der Waals surface area contributed by atoms with Gasteiger partial charge in [0.2, 0.25) is 0 Å². The summed E-state index contributed by atoms with van der Waals surface area (Å²) in [6.07, 6.45) is 0. The van der Waals surface area contributed by atoms with Gasteiger partial charge in [-0.2, -0.15) is 0 Å². The zero-order valence-electron chi connectivity index (χ0n) is 37.7. The molecule has 1 aliphatic carbocycles. The molecule has 0 aliphatic heterocycles. The minimum atomic E-state index is -0.502. The van der Waals surface area contributed by atoms with Crippen LogP contribution in [0.25, 0.3) is 100 Å². The van der Waals surface area contributed by atoms with Gasteiger partial charge in [0, 0.05) is 33.0 Å². The van der Waals surface area contributed by atoms with Crippen LogP contribution in [0, 0.1) is 0 Å². The molecule has 0 N–H and O–H groups in total. The number of fused-ring (bicyclic) bond motifs is 6. The lowest BCUT2D eigenvalue weighted by atomic mass is 9.67. The monoisotopic (exact) mass is 877 g/mol. The van der Waals surface area contributed by atoms with Crippen LogP contribution in [0.5, 0.6) is 0 Å². The maximum atomic E-state index is 5.45. The van der Waals surface area contributed by atoms with Gasteiger partial charge in [0.05, 0.1) is 28.0 Å². The third-order valence-corrected chi connectivity index (χ3v) is 14.0. The lowest BCUT2D eigenvalue weighted by molar-refractivity contribution is 0.769. The molecule has 69 heavy (non-hydrogen) atoms. The van der Waals surface area contributed by atoms with E-state index in [1.165, 1.54) is 49.9 Å². The Morgan fingerprint density at radius 2 is 0.710 bits per heavy atom. The van der Waals surface area contributed by atoms with E-state index in [2.05, 4.69) is 249 Å². The topological polar surface area (TPSA) is 38.7 Å². The maximum Gasteiger partial charge on any atom is 0.160 e. The van der Waals surface area contributed by atoms with E-state index in [4.69, 9.17) is 15.0 Å². The molecule has 1 aliphatic rings. The van der Waals surface area contributed by atoms with Gasteiger partial charge in [0.15, 0.2) is 5.82 Å². The van der Waals surface area contributed by atoms with Crippen molar-refractivity contribution in [3.8, 4) is 78.5 Å². The summed E-state index contributed by atoms with van der Waals surface area (Å²) in [5.41, 5.74) is 19.4. The molecule has 0 spiro atoms. The molecule has 13 rings (SSSR count). The Bertz CT molecular complexity index is 3690. The SMILES string of the molecule is c1ccc(-c2ccc(-c3cc(-c4ccc(-c5nc6ccccc6c6cc7c(cc56)-c5ccccc5C7(c5ccccc5)c5ccccc5)cc4)nc(-c4ccc(-c5ccccc5)cc4)n3)cc2)cc1. The highest BCUT2D eigenvalue weighted by Gasteiger charge is 2.46. The van der Waals surface area contributed by atoms with E-state index in [1.54, 1.807) is 0 Å². The van der Waals surface area contributed by atoms with Crippen LogP contribution >= 0.6 is 0 Å². The molecule has 0 bridgehead atoms. The third-order valence-electron chi connectivity index (χ3n) is 14.0. The Hall–Kier alpha value is -9.05. The average molecular weight is 878 g/mol. The van der Waals surface area contributed by atoms with Gasteiger partial charge in [-0.15, -0.1) is 0 Å². The Morgan fingerprint density at radius 3 is 1.29 bits per heavy atom. The van der Waals surface area contributed by atoms with Gasteiger partial charge in [-0.3, -0.25) is 0 Å². The zero-order chi connectivity index (χ0) is 45.7.